The number of hydrogen-bond donors (Lipinski definition) is 1. The maximum absolute atomic E-state index is 13.0. The summed E-state index contributed by atoms with van der Waals surface area (Å²) in [6.45, 7) is 8.50. The Morgan fingerprint density at radius 1 is 1.16 bits per heavy atom. The van der Waals surface area contributed by atoms with E-state index in [-0.39, 0.29) is 11.5 Å². The van der Waals surface area contributed by atoms with Crippen molar-refractivity contribution in [2.45, 2.75) is 46.3 Å². The molecule has 2 unspecified atom stereocenters. The predicted molar refractivity (Wildman–Crippen MR) is 124 cm³/mol. The smallest absolute Gasteiger partial charge is 0.319 e. The zero-order chi connectivity index (χ0) is 23.6. The summed E-state index contributed by atoms with van der Waals surface area (Å²) >= 11 is 1.40. The number of ether oxygens (including phenoxy) is 1. The molecule has 0 aliphatic rings. The Hall–Kier alpha value is -3.33. The van der Waals surface area contributed by atoms with Crippen LogP contribution in [0.3, 0.4) is 0 Å². The largest absolute Gasteiger partial charge is 0.459 e. The number of esters is 1. The number of nitrogens with one attached hydrogen (secondary N) is 1. The lowest BCUT2D eigenvalue weighted by molar-refractivity contribution is -0.384. The highest BCUT2D eigenvalue weighted by Gasteiger charge is 2.37. The Kier molecular flexibility index (Phi) is 6.59. The number of nitrogens with zero attached hydrogens (tertiary/aromatic N) is 2. The minimum absolute atomic E-state index is 0.0837. The van der Waals surface area contributed by atoms with E-state index < -0.39 is 28.5 Å². The van der Waals surface area contributed by atoms with Gasteiger partial charge in [0.1, 0.15) is 17.3 Å². The molecule has 0 bridgehead atoms. The van der Waals surface area contributed by atoms with Gasteiger partial charge in [-0.1, -0.05) is 29.5 Å². The molecular formula is C23H25N3O5S. The third kappa shape index (κ3) is 5.47. The van der Waals surface area contributed by atoms with Crippen molar-refractivity contribution in [3.8, 4) is 0 Å². The van der Waals surface area contributed by atoms with E-state index in [2.05, 4.69) is 10.3 Å². The van der Waals surface area contributed by atoms with Crippen molar-refractivity contribution >= 4 is 44.1 Å². The number of non-ortho nitro benzene ring substituents is 1. The van der Waals surface area contributed by atoms with Crippen LogP contribution in [0, 0.1) is 23.0 Å². The van der Waals surface area contributed by atoms with Gasteiger partial charge in [-0.25, -0.2) is 4.98 Å². The number of Topliss-reactive ketones (excluding diaryl/α,β-unsaturated/α-hetero) is 1. The molecular weight excluding hydrogens is 430 g/mol. The molecule has 3 aromatic rings. The zero-order valence-corrected chi connectivity index (χ0v) is 19.4. The monoisotopic (exact) mass is 455 g/mol. The van der Waals surface area contributed by atoms with E-state index in [1.165, 1.54) is 42.5 Å². The lowest BCUT2D eigenvalue weighted by Crippen LogP contribution is -2.38. The van der Waals surface area contributed by atoms with Gasteiger partial charge in [-0.15, -0.1) is 0 Å². The van der Waals surface area contributed by atoms with Gasteiger partial charge in [-0.2, -0.15) is 0 Å². The van der Waals surface area contributed by atoms with Crippen molar-refractivity contribution in [3.05, 3.63) is 63.7 Å². The number of hydrogen-bond acceptors (Lipinski definition) is 8. The van der Waals surface area contributed by atoms with Gasteiger partial charge >= 0.3 is 5.97 Å². The first-order valence-electron chi connectivity index (χ1n) is 10.1. The minimum Gasteiger partial charge on any atom is -0.459 e. The molecule has 1 N–H and O–H groups in total. The highest BCUT2D eigenvalue weighted by molar-refractivity contribution is 7.22. The first-order valence-corrected chi connectivity index (χ1v) is 10.9. The molecule has 0 saturated carbocycles. The molecule has 0 spiro atoms. The fourth-order valence-electron chi connectivity index (χ4n) is 3.29. The molecule has 0 fully saturated rings. The topological polar surface area (TPSA) is 111 Å². The summed E-state index contributed by atoms with van der Waals surface area (Å²) in [6.07, 6.45) is 0. The first kappa shape index (κ1) is 23.3. The van der Waals surface area contributed by atoms with E-state index in [1.54, 1.807) is 20.8 Å². The van der Waals surface area contributed by atoms with E-state index in [9.17, 15) is 19.7 Å². The summed E-state index contributed by atoms with van der Waals surface area (Å²) in [4.78, 5) is 40.7. The fraction of sp³-hybridized carbons (Fsp3) is 0.348. The summed E-state index contributed by atoms with van der Waals surface area (Å²) in [5.74, 6) is -2.21. The Morgan fingerprint density at radius 3 is 2.38 bits per heavy atom. The van der Waals surface area contributed by atoms with Crippen LogP contribution in [0.15, 0.2) is 42.5 Å². The zero-order valence-electron chi connectivity index (χ0n) is 18.5. The number of nitro groups is 1. The molecule has 1 aromatic heterocycles. The third-order valence-electron chi connectivity index (χ3n) is 4.72. The normalized spacial score (nSPS) is 13.4. The van der Waals surface area contributed by atoms with Crippen LogP contribution < -0.4 is 5.32 Å². The van der Waals surface area contributed by atoms with Gasteiger partial charge in [0.15, 0.2) is 5.13 Å². The molecule has 9 heteroatoms. The molecule has 0 saturated heterocycles. The average molecular weight is 456 g/mol. The highest BCUT2D eigenvalue weighted by Crippen LogP contribution is 2.34. The van der Waals surface area contributed by atoms with Gasteiger partial charge < -0.3 is 10.1 Å². The maximum Gasteiger partial charge on any atom is 0.319 e. The second kappa shape index (κ2) is 9.04. The molecule has 0 radical (unpaired) electrons. The molecule has 1 heterocycles. The van der Waals surface area contributed by atoms with Crippen LogP contribution >= 0.6 is 11.3 Å². The molecule has 2 aromatic carbocycles. The summed E-state index contributed by atoms with van der Waals surface area (Å²) in [5, 5.41) is 14.8. The highest BCUT2D eigenvalue weighted by atomic mass is 32.1. The SMILES string of the molecule is CC(=O)C(C(=O)OC(C)(C)C)C(Nc1nc2ccc(C)cc2s1)c1ccc([N+](=O)[O-])cc1. The number of nitro benzene ring substituents is 1. The number of carbonyl (C=O) groups is 2. The lowest BCUT2D eigenvalue weighted by Gasteiger charge is -2.28. The van der Waals surface area contributed by atoms with Crippen molar-refractivity contribution in [2.24, 2.45) is 5.92 Å². The number of benzene rings is 2. The number of thiazole rings is 1. The van der Waals surface area contributed by atoms with Crippen molar-refractivity contribution < 1.29 is 19.2 Å². The van der Waals surface area contributed by atoms with Crippen LogP contribution in [0.25, 0.3) is 10.2 Å². The van der Waals surface area contributed by atoms with Crippen LogP contribution in [0.2, 0.25) is 0 Å². The van der Waals surface area contributed by atoms with Crippen molar-refractivity contribution in [3.63, 3.8) is 0 Å². The number of fused-ring (bicyclic) bond motifs is 1. The van der Waals surface area contributed by atoms with Gasteiger partial charge in [0.05, 0.1) is 21.2 Å². The predicted octanol–water partition coefficient (Wildman–Crippen LogP) is 5.21. The van der Waals surface area contributed by atoms with Crippen LogP contribution in [0.5, 0.6) is 0 Å². The van der Waals surface area contributed by atoms with Crippen LogP contribution in [-0.4, -0.2) is 27.3 Å². The molecule has 2 atom stereocenters. The number of aromatic nitrogens is 1. The van der Waals surface area contributed by atoms with E-state index in [4.69, 9.17) is 4.74 Å². The molecule has 32 heavy (non-hydrogen) atoms. The molecule has 3 rings (SSSR count). The quantitative estimate of drug-likeness (QED) is 0.225. The van der Waals surface area contributed by atoms with Crippen molar-refractivity contribution in [1.82, 2.24) is 4.98 Å². The second-order valence-electron chi connectivity index (χ2n) is 8.58. The van der Waals surface area contributed by atoms with Crippen molar-refractivity contribution in [2.75, 3.05) is 5.32 Å². The van der Waals surface area contributed by atoms with Gasteiger partial charge in [0.25, 0.3) is 5.69 Å². The number of anilines is 1. The Labute approximate surface area is 189 Å². The van der Waals surface area contributed by atoms with Crippen LogP contribution in [0.4, 0.5) is 10.8 Å². The van der Waals surface area contributed by atoms with E-state index >= 15 is 0 Å². The van der Waals surface area contributed by atoms with Crippen LogP contribution in [-0.2, 0) is 14.3 Å². The number of aryl methyl sites for hydroxylation is 1. The maximum atomic E-state index is 13.0. The molecule has 0 amide bonds. The number of ketones is 1. The standard InChI is InChI=1S/C23H25N3O5S/c1-13-6-11-17-18(12-13)32-22(24-17)25-20(15-7-9-16(10-8-15)26(29)30)19(14(2)27)21(28)31-23(3,4)5/h6-12,19-20H,1-5H3,(H,24,25). The summed E-state index contributed by atoms with van der Waals surface area (Å²) in [7, 11) is 0. The van der Waals surface area contributed by atoms with E-state index in [0.29, 0.717) is 10.7 Å². The number of carbonyl (C=O) groups excluding carboxylic acids is 2. The van der Waals surface area contributed by atoms with E-state index in [1.807, 2.05) is 25.1 Å². The minimum atomic E-state index is -1.16. The first-order chi connectivity index (χ1) is 14.9. The van der Waals surface area contributed by atoms with E-state index in [0.717, 1.165) is 15.8 Å². The van der Waals surface area contributed by atoms with Gasteiger partial charge in [-0.05, 0) is 57.9 Å². The number of rotatable bonds is 7. The third-order valence-corrected chi connectivity index (χ3v) is 5.67. The summed E-state index contributed by atoms with van der Waals surface area (Å²) in [5.41, 5.74) is 1.56. The Morgan fingerprint density at radius 2 is 1.81 bits per heavy atom. The summed E-state index contributed by atoms with van der Waals surface area (Å²) in [6, 6.07) is 10.8. The van der Waals surface area contributed by atoms with Crippen LogP contribution in [0.1, 0.15) is 44.9 Å². The fourth-order valence-corrected chi connectivity index (χ4v) is 4.29. The lowest BCUT2D eigenvalue weighted by atomic mass is 9.89. The summed E-state index contributed by atoms with van der Waals surface area (Å²) < 4.78 is 6.48. The molecule has 168 valence electrons. The van der Waals surface area contributed by atoms with Gasteiger partial charge in [0.2, 0.25) is 0 Å². The van der Waals surface area contributed by atoms with Crippen molar-refractivity contribution in [1.29, 1.82) is 0 Å². The second-order valence-corrected chi connectivity index (χ2v) is 9.61. The van der Waals surface area contributed by atoms with Gasteiger partial charge in [-0.3, -0.25) is 19.7 Å². The molecule has 8 nitrogen and oxygen atoms in total. The molecule has 0 aliphatic carbocycles. The Balaban J connectivity index is 2.04. The van der Waals surface area contributed by atoms with Gasteiger partial charge in [0, 0.05) is 12.1 Å². The Bertz CT molecular complexity index is 1160. The average Bonchev–Trinajstić information content (AvgIpc) is 3.07. The molecule has 0 aliphatic heterocycles.